The Morgan fingerprint density at radius 1 is 0.850 bits per heavy atom. The topological polar surface area (TPSA) is 129 Å². The molecule has 0 spiro atoms. The number of hydrogen-bond acceptors (Lipinski definition) is 8. The lowest BCUT2D eigenvalue weighted by Gasteiger charge is -2.72. The molecule has 10 atom stereocenters. The predicted molar refractivity (Wildman–Crippen MR) is 229 cm³/mol. The van der Waals surface area contributed by atoms with Gasteiger partial charge in [-0.3, -0.25) is 29.0 Å². The fraction of sp³-hybridized carbons (Fsp3) is 0.765. The van der Waals surface area contributed by atoms with Crippen molar-refractivity contribution in [3.8, 4) is 0 Å². The highest BCUT2D eigenvalue weighted by Crippen LogP contribution is 2.76. The highest BCUT2D eigenvalue weighted by atomic mass is 16.6. The Morgan fingerprint density at radius 2 is 1.57 bits per heavy atom. The maximum absolute atomic E-state index is 14.9. The molecule has 1 heterocycles. The van der Waals surface area contributed by atoms with Gasteiger partial charge in [-0.15, -0.1) is 0 Å². The summed E-state index contributed by atoms with van der Waals surface area (Å²) < 4.78 is 11.8. The van der Waals surface area contributed by atoms with Gasteiger partial charge in [-0.25, -0.2) is 0 Å². The molecule has 0 saturated heterocycles. The Morgan fingerprint density at radius 3 is 2.20 bits per heavy atom. The molecular weight excluding hydrogens is 753 g/mol. The Labute approximate surface area is 358 Å². The van der Waals surface area contributed by atoms with Gasteiger partial charge >= 0.3 is 5.97 Å². The number of esters is 1. The normalized spacial score (nSPS) is 39.7. The molecule has 0 radical (unpaired) electrons. The van der Waals surface area contributed by atoms with Crippen molar-refractivity contribution >= 4 is 29.9 Å². The minimum absolute atomic E-state index is 0.0162. The molecule has 1 N–H and O–H groups in total. The number of fused-ring (bicyclic) bond motifs is 7. The van der Waals surface area contributed by atoms with E-state index in [4.69, 9.17) is 9.47 Å². The summed E-state index contributed by atoms with van der Waals surface area (Å²) in [6.45, 7) is 23.0. The Bertz CT molecular complexity index is 1980. The fourth-order valence-electron chi connectivity index (χ4n) is 15.7. The summed E-state index contributed by atoms with van der Waals surface area (Å²) in [5, 5.41) is 3.66. The highest BCUT2D eigenvalue weighted by Gasteiger charge is 2.71. The third-order valence-corrected chi connectivity index (χ3v) is 19.4. The molecule has 1 aromatic rings. The number of amides is 1. The molecule has 9 heteroatoms. The van der Waals surface area contributed by atoms with Crippen molar-refractivity contribution in [1.29, 1.82) is 0 Å². The van der Waals surface area contributed by atoms with Crippen LogP contribution in [0.5, 0.6) is 0 Å². The zero-order valence-corrected chi connectivity index (χ0v) is 38.3. The van der Waals surface area contributed by atoms with E-state index < -0.39 is 16.4 Å². The molecule has 8 rings (SSSR count). The summed E-state index contributed by atoms with van der Waals surface area (Å²) in [4.78, 5) is 72.2. The summed E-state index contributed by atoms with van der Waals surface area (Å²) in [5.41, 5.74) is 1.41. The van der Waals surface area contributed by atoms with Crippen LogP contribution in [0.15, 0.2) is 29.5 Å². The number of aryl methyl sites for hydroxylation is 1. The van der Waals surface area contributed by atoms with Gasteiger partial charge in [0.05, 0.1) is 16.9 Å². The first-order valence-corrected chi connectivity index (χ1v) is 23.5. The van der Waals surface area contributed by atoms with E-state index in [-0.39, 0.29) is 81.5 Å². The predicted octanol–water partition coefficient (Wildman–Crippen LogP) is 9.87. The minimum Gasteiger partial charge on any atom is -0.464 e. The van der Waals surface area contributed by atoms with Crippen molar-refractivity contribution < 1.29 is 33.4 Å². The number of carbonyl (C=O) groups is 5. The molecule has 328 valence electrons. The number of nitrogens with zero attached hydrogens (tertiary/aromatic N) is 1. The molecule has 60 heavy (non-hydrogen) atoms. The van der Waals surface area contributed by atoms with Gasteiger partial charge in [0.15, 0.2) is 11.6 Å². The van der Waals surface area contributed by atoms with E-state index in [1.807, 2.05) is 32.9 Å². The Hall–Kier alpha value is -3.36. The minimum atomic E-state index is -0.788. The molecule has 6 fully saturated rings. The number of rotatable bonds is 10. The largest absolute Gasteiger partial charge is 0.464 e. The first-order chi connectivity index (χ1) is 28.1. The molecule has 9 nitrogen and oxygen atoms in total. The fourth-order valence-corrected chi connectivity index (χ4v) is 15.7. The molecular formula is C51H72N2O7. The summed E-state index contributed by atoms with van der Waals surface area (Å²) in [7, 11) is 0. The van der Waals surface area contributed by atoms with Crippen molar-refractivity contribution in [2.24, 2.45) is 62.1 Å². The van der Waals surface area contributed by atoms with Gasteiger partial charge < -0.3 is 14.8 Å². The number of aromatic nitrogens is 1. The number of nitrogens with one attached hydrogen (secondary N) is 1. The molecule has 7 aliphatic rings. The highest BCUT2D eigenvalue weighted by molar-refractivity contribution is 6.03. The molecule has 1 amide bonds. The van der Waals surface area contributed by atoms with Crippen molar-refractivity contribution in [3.05, 3.63) is 40.7 Å². The van der Waals surface area contributed by atoms with Crippen LogP contribution in [0.4, 0.5) is 0 Å². The molecule has 0 bridgehead atoms. The van der Waals surface area contributed by atoms with Crippen molar-refractivity contribution in [2.45, 2.75) is 183 Å². The third kappa shape index (κ3) is 6.25. The average molecular weight is 825 g/mol. The Kier molecular flexibility index (Phi) is 10.5. The zero-order chi connectivity index (χ0) is 43.4. The van der Waals surface area contributed by atoms with Crippen LogP contribution in [0.2, 0.25) is 0 Å². The van der Waals surface area contributed by atoms with Gasteiger partial charge in [0.25, 0.3) is 6.47 Å². The SMILES string of the molecule is Cc1ccc(C(=O)CC2(C(=O)N[C@@]34CC[C@]5(C)[C@H](CC[C@@H]6[C@@]7(C)CC[C@H](OC(=O)[C@H]8C[C@@H](OC=O)C8(C)C)C(C)(C)[C@@H]7CC[C@]65C)C3=C(C(C)C)C(=O)C4)CCCC2)cn1. The summed E-state index contributed by atoms with van der Waals surface area (Å²) in [5.74, 6) is 0.743. The number of pyridine rings is 1. The second-order valence-corrected chi connectivity index (χ2v) is 23.1. The molecule has 0 aliphatic heterocycles. The molecule has 0 unspecified atom stereocenters. The van der Waals surface area contributed by atoms with E-state index in [0.717, 1.165) is 75.5 Å². The van der Waals surface area contributed by atoms with Gasteiger partial charge in [0.1, 0.15) is 12.2 Å². The van der Waals surface area contributed by atoms with Gasteiger partial charge in [-0.2, -0.15) is 0 Å². The van der Waals surface area contributed by atoms with Crippen molar-refractivity contribution in [2.75, 3.05) is 0 Å². The molecule has 7 aliphatic carbocycles. The van der Waals surface area contributed by atoms with Gasteiger partial charge in [0.2, 0.25) is 5.91 Å². The lowest BCUT2D eigenvalue weighted by Crippen LogP contribution is -2.67. The van der Waals surface area contributed by atoms with Crippen LogP contribution in [0.3, 0.4) is 0 Å². The van der Waals surface area contributed by atoms with E-state index in [9.17, 15) is 24.0 Å². The quantitative estimate of drug-likeness (QED) is 0.140. The number of allylic oxidation sites excluding steroid dienone is 1. The van der Waals surface area contributed by atoms with Gasteiger partial charge in [-0.05, 0) is 141 Å². The number of ketones is 2. The zero-order valence-electron chi connectivity index (χ0n) is 38.3. The average Bonchev–Trinajstić information content (AvgIpc) is 3.77. The molecule has 1 aromatic heterocycles. The standard InChI is InChI=1S/C51H72N2O7/c1-30(2)41-36(56)27-51(53-44(58)50(19-11-12-20-50)26-35(55)32-14-13-31(3)52-28-32)24-23-48(9)33(42(41)51)15-16-38-47(8)21-18-39(46(6,7)37(47)17-22-49(38,48)10)60-43(57)34-25-40(59-29-54)45(34,4)5/h13-14,28-30,33-34,37-40H,11-12,15-27H2,1-10H3,(H,53,58)/t33-,34-,37+,38-,39+,40-,47+,48-,49-,51-/m1/s1. The maximum Gasteiger partial charge on any atom is 0.310 e. The smallest absolute Gasteiger partial charge is 0.310 e. The van der Waals surface area contributed by atoms with Gasteiger partial charge in [0, 0.05) is 41.1 Å². The van der Waals surface area contributed by atoms with E-state index in [1.54, 1.807) is 6.20 Å². The van der Waals surface area contributed by atoms with Crippen LogP contribution in [-0.2, 0) is 28.7 Å². The first kappa shape index (κ1) is 43.3. The number of carbonyl (C=O) groups excluding carboxylic acids is 5. The molecule has 6 saturated carbocycles. The van der Waals surface area contributed by atoms with E-state index in [1.165, 1.54) is 5.57 Å². The Balaban J connectivity index is 1.05. The lowest BCUT2D eigenvalue weighted by molar-refractivity contribution is -0.236. The van der Waals surface area contributed by atoms with Crippen molar-refractivity contribution in [1.82, 2.24) is 10.3 Å². The first-order valence-electron chi connectivity index (χ1n) is 23.5. The molecule has 0 aromatic carbocycles. The van der Waals surface area contributed by atoms with Crippen LogP contribution in [0, 0.1) is 69.0 Å². The summed E-state index contributed by atoms with van der Waals surface area (Å²) >= 11 is 0. The van der Waals surface area contributed by atoms with E-state index in [2.05, 4.69) is 58.8 Å². The lowest BCUT2D eigenvalue weighted by atomic mass is 9.33. The second-order valence-electron chi connectivity index (χ2n) is 23.1. The third-order valence-electron chi connectivity index (χ3n) is 19.4. The van der Waals surface area contributed by atoms with E-state index in [0.29, 0.717) is 49.6 Å². The van der Waals surface area contributed by atoms with Gasteiger partial charge in [-0.1, -0.05) is 75.2 Å². The van der Waals surface area contributed by atoms with Crippen molar-refractivity contribution in [3.63, 3.8) is 0 Å². The number of ether oxygens (including phenoxy) is 2. The van der Waals surface area contributed by atoms with Crippen LogP contribution < -0.4 is 5.32 Å². The van der Waals surface area contributed by atoms with Crippen LogP contribution in [-0.4, -0.2) is 52.6 Å². The summed E-state index contributed by atoms with van der Waals surface area (Å²) in [6, 6.07) is 3.68. The van der Waals surface area contributed by atoms with Crippen LogP contribution >= 0.6 is 0 Å². The second kappa shape index (κ2) is 14.6. The number of hydrogen-bond donors (Lipinski definition) is 1. The van der Waals surface area contributed by atoms with Crippen LogP contribution in [0.1, 0.15) is 175 Å². The maximum atomic E-state index is 14.9. The monoisotopic (exact) mass is 825 g/mol. The summed E-state index contributed by atoms with van der Waals surface area (Å²) in [6.07, 6.45) is 13.1. The van der Waals surface area contributed by atoms with Crippen LogP contribution in [0.25, 0.3) is 0 Å². The number of Topliss-reactive ketones (excluding diaryl/α,β-unsaturated/α-hetero) is 2. The van der Waals surface area contributed by atoms with E-state index >= 15 is 0 Å².